The van der Waals surface area contributed by atoms with Crippen LogP contribution in [0.15, 0.2) is 12.1 Å². The highest BCUT2D eigenvalue weighted by molar-refractivity contribution is 5.98. The number of halogens is 4. The smallest absolute Gasteiger partial charge is 0.420 e. The van der Waals surface area contributed by atoms with Crippen LogP contribution in [0.2, 0.25) is 0 Å². The van der Waals surface area contributed by atoms with Crippen molar-refractivity contribution in [3.63, 3.8) is 0 Å². The number of benzene rings is 1. The summed E-state index contributed by atoms with van der Waals surface area (Å²) in [6.45, 7) is 4.25. The molecule has 2 unspecified atom stereocenters. The first-order valence-corrected chi connectivity index (χ1v) is 14.9. The van der Waals surface area contributed by atoms with Crippen molar-refractivity contribution < 1.29 is 31.8 Å². The van der Waals surface area contributed by atoms with Gasteiger partial charge in [-0.3, -0.25) is 4.79 Å². The zero-order valence-corrected chi connectivity index (χ0v) is 23.0. The fraction of sp³-hybridized carbons (Fsp3) is 0.774. The van der Waals surface area contributed by atoms with E-state index in [1.165, 1.54) is 64.2 Å². The molecule has 1 aromatic rings. The highest BCUT2D eigenvalue weighted by atomic mass is 19.4. The first-order chi connectivity index (χ1) is 18.2. The Balaban J connectivity index is 1.25. The van der Waals surface area contributed by atoms with Crippen LogP contribution in [0.5, 0.6) is 5.75 Å². The van der Waals surface area contributed by atoms with E-state index in [-0.39, 0.29) is 25.0 Å². The molecule has 2 aliphatic carbocycles. The molecule has 4 rings (SSSR count). The summed E-state index contributed by atoms with van der Waals surface area (Å²) in [7, 11) is 0. The number of carbonyl (C=O) groups excluding carboxylic acids is 1. The number of hydrogen-bond acceptors (Lipinski definition) is 3. The molecule has 0 amide bonds. The van der Waals surface area contributed by atoms with E-state index in [1.54, 1.807) is 6.92 Å². The van der Waals surface area contributed by atoms with E-state index in [1.807, 2.05) is 0 Å². The van der Waals surface area contributed by atoms with Gasteiger partial charge < -0.3 is 9.47 Å². The molecule has 2 saturated carbocycles. The summed E-state index contributed by atoms with van der Waals surface area (Å²) in [6, 6.07) is 2.16. The number of alkyl halides is 3. The molecule has 1 aliphatic heterocycles. The van der Waals surface area contributed by atoms with Gasteiger partial charge >= 0.3 is 6.18 Å². The maximum Gasteiger partial charge on any atom is 0.420 e. The van der Waals surface area contributed by atoms with Crippen molar-refractivity contribution in [1.82, 2.24) is 0 Å². The highest BCUT2D eigenvalue weighted by Crippen LogP contribution is 2.44. The van der Waals surface area contributed by atoms with Gasteiger partial charge in [-0.1, -0.05) is 32.6 Å². The fourth-order valence-electron chi connectivity index (χ4n) is 7.41. The largest absolute Gasteiger partial charge is 0.491 e. The number of carbonyl (C=O) groups is 1. The molecule has 2 atom stereocenters. The quantitative estimate of drug-likeness (QED) is 0.232. The van der Waals surface area contributed by atoms with Crippen molar-refractivity contribution in [3.8, 4) is 5.75 Å². The van der Waals surface area contributed by atoms with Crippen LogP contribution in [-0.4, -0.2) is 25.1 Å². The van der Waals surface area contributed by atoms with Crippen molar-refractivity contribution in [2.75, 3.05) is 13.2 Å². The van der Waals surface area contributed by atoms with E-state index in [0.29, 0.717) is 12.5 Å². The summed E-state index contributed by atoms with van der Waals surface area (Å²) in [5, 5.41) is 0. The molecule has 0 bridgehead atoms. The third-order valence-corrected chi connectivity index (χ3v) is 9.47. The highest BCUT2D eigenvalue weighted by Gasteiger charge is 2.41. The van der Waals surface area contributed by atoms with Gasteiger partial charge in [-0.05, 0) is 100 Å². The Labute approximate surface area is 225 Å². The van der Waals surface area contributed by atoms with E-state index in [2.05, 4.69) is 6.92 Å². The number of hydrogen-bond donors (Lipinski definition) is 0. The monoisotopic (exact) mass is 540 g/mol. The molecule has 1 heterocycles. The van der Waals surface area contributed by atoms with E-state index in [4.69, 9.17) is 9.47 Å². The zero-order valence-electron chi connectivity index (χ0n) is 23.0. The molecule has 3 aliphatic rings. The first kappa shape index (κ1) is 29.4. The summed E-state index contributed by atoms with van der Waals surface area (Å²) < 4.78 is 66.7. The maximum absolute atomic E-state index is 14.6. The second-order valence-corrected chi connectivity index (χ2v) is 11.9. The SMILES string of the molecule is CCCC1CCC(C2CCC(C3CCC(CC(=O)c4ccc(OCC)c(F)c4C(F)(F)F)CO3)CC2)CC1. The van der Waals surface area contributed by atoms with Crippen LogP contribution in [0.3, 0.4) is 0 Å². The van der Waals surface area contributed by atoms with Crippen LogP contribution >= 0.6 is 0 Å². The maximum atomic E-state index is 14.6. The molecule has 3 fully saturated rings. The Hall–Kier alpha value is -1.63. The summed E-state index contributed by atoms with van der Waals surface area (Å²) in [6.07, 6.45) is 9.90. The lowest BCUT2D eigenvalue weighted by Gasteiger charge is -2.41. The first-order valence-electron chi connectivity index (χ1n) is 14.9. The Morgan fingerprint density at radius 3 is 2.05 bits per heavy atom. The second kappa shape index (κ2) is 13.1. The van der Waals surface area contributed by atoms with Crippen LogP contribution in [0, 0.1) is 35.4 Å². The van der Waals surface area contributed by atoms with Crippen molar-refractivity contribution in [3.05, 3.63) is 29.1 Å². The molecule has 3 nitrogen and oxygen atoms in total. The van der Waals surface area contributed by atoms with Gasteiger partial charge in [0.15, 0.2) is 17.3 Å². The Bertz CT molecular complexity index is 906. The van der Waals surface area contributed by atoms with Gasteiger partial charge in [0, 0.05) is 12.0 Å². The lowest BCUT2D eigenvalue weighted by Crippen LogP contribution is -2.36. The number of rotatable bonds is 9. The lowest BCUT2D eigenvalue weighted by atomic mass is 9.67. The summed E-state index contributed by atoms with van der Waals surface area (Å²) in [4.78, 5) is 12.9. The number of ether oxygens (including phenoxy) is 2. The minimum absolute atomic E-state index is 0.0315. The second-order valence-electron chi connectivity index (χ2n) is 11.9. The summed E-state index contributed by atoms with van der Waals surface area (Å²) >= 11 is 0. The Morgan fingerprint density at radius 2 is 1.50 bits per heavy atom. The minimum atomic E-state index is -4.98. The standard InChI is InChI=1S/C31H44F4O3/c1-3-5-20-6-9-22(10-7-20)23-11-13-24(14-12-23)27-16-8-21(19-38-27)18-26(36)25-15-17-28(37-4-2)30(32)29(25)31(33,34)35/h15,17,20-24,27H,3-14,16,18-19H2,1-2H3. The average Bonchev–Trinajstić information content (AvgIpc) is 2.90. The predicted octanol–water partition coefficient (Wildman–Crippen LogP) is 9.02. The molecular weight excluding hydrogens is 496 g/mol. The van der Waals surface area contributed by atoms with Crippen LogP contribution < -0.4 is 4.74 Å². The summed E-state index contributed by atoms with van der Waals surface area (Å²) in [5.74, 6) is 0.368. The molecule has 0 N–H and O–H groups in total. The van der Waals surface area contributed by atoms with Gasteiger partial charge in [0.2, 0.25) is 0 Å². The number of Topliss-reactive ketones (excluding diaryl/α,β-unsaturated/α-hetero) is 1. The van der Waals surface area contributed by atoms with Gasteiger partial charge in [0.25, 0.3) is 0 Å². The van der Waals surface area contributed by atoms with Crippen LogP contribution in [0.4, 0.5) is 17.6 Å². The fourth-order valence-corrected chi connectivity index (χ4v) is 7.41. The van der Waals surface area contributed by atoms with Gasteiger partial charge in [0.05, 0.1) is 19.3 Å². The van der Waals surface area contributed by atoms with E-state index < -0.39 is 34.7 Å². The Morgan fingerprint density at radius 1 is 0.895 bits per heavy atom. The third kappa shape index (κ3) is 7.11. The zero-order chi connectivity index (χ0) is 27.3. The molecule has 0 aromatic heterocycles. The van der Waals surface area contributed by atoms with Crippen LogP contribution in [-0.2, 0) is 10.9 Å². The van der Waals surface area contributed by atoms with Gasteiger partial charge in [0.1, 0.15) is 5.56 Å². The van der Waals surface area contributed by atoms with Crippen molar-refractivity contribution in [1.29, 1.82) is 0 Å². The minimum Gasteiger partial charge on any atom is -0.491 e. The van der Waals surface area contributed by atoms with Crippen LogP contribution in [0.25, 0.3) is 0 Å². The van der Waals surface area contributed by atoms with Gasteiger partial charge in [-0.2, -0.15) is 13.2 Å². The lowest BCUT2D eigenvalue weighted by molar-refractivity contribution is -0.140. The molecule has 38 heavy (non-hydrogen) atoms. The molecule has 0 radical (unpaired) electrons. The molecule has 214 valence electrons. The van der Waals surface area contributed by atoms with Crippen LogP contribution in [0.1, 0.15) is 113 Å². The third-order valence-electron chi connectivity index (χ3n) is 9.47. The number of ketones is 1. The molecule has 1 saturated heterocycles. The van der Waals surface area contributed by atoms with Crippen molar-refractivity contribution >= 4 is 5.78 Å². The molecule has 7 heteroatoms. The predicted molar refractivity (Wildman–Crippen MR) is 140 cm³/mol. The van der Waals surface area contributed by atoms with E-state index >= 15 is 0 Å². The van der Waals surface area contributed by atoms with E-state index in [0.717, 1.165) is 42.7 Å². The van der Waals surface area contributed by atoms with Crippen molar-refractivity contribution in [2.45, 2.75) is 110 Å². The van der Waals surface area contributed by atoms with E-state index in [9.17, 15) is 22.4 Å². The normalized spacial score (nSPS) is 30.7. The van der Waals surface area contributed by atoms with Gasteiger partial charge in [-0.25, -0.2) is 4.39 Å². The van der Waals surface area contributed by atoms with Gasteiger partial charge in [-0.15, -0.1) is 0 Å². The van der Waals surface area contributed by atoms with Crippen molar-refractivity contribution in [2.24, 2.45) is 29.6 Å². The molecular formula is C31H44F4O3. The molecule has 0 spiro atoms. The molecule has 1 aromatic carbocycles. The summed E-state index contributed by atoms with van der Waals surface area (Å²) in [5.41, 5.74) is -2.15. The average molecular weight is 541 g/mol. The Kier molecular flexibility index (Phi) is 10.2. The topological polar surface area (TPSA) is 35.5 Å².